The van der Waals surface area contributed by atoms with Gasteiger partial charge >= 0.3 is 0 Å². The third-order valence-corrected chi connectivity index (χ3v) is 3.97. The molecule has 2 aromatic rings. The second-order valence-electron chi connectivity index (χ2n) is 5.70. The van der Waals surface area contributed by atoms with E-state index >= 15 is 0 Å². The van der Waals surface area contributed by atoms with Gasteiger partial charge < -0.3 is 19.5 Å². The van der Waals surface area contributed by atoms with Crippen molar-refractivity contribution in [2.75, 3.05) is 20.8 Å². The molecule has 2 aromatic carbocycles. The second kappa shape index (κ2) is 10.4. The number of amides is 1. The molecule has 0 bridgehead atoms. The summed E-state index contributed by atoms with van der Waals surface area (Å²) in [4.78, 5) is 12.2. The summed E-state index contributed by atoms with van der Waals surface area (Å²) in [5, 5.41) is 5.92. The topological polar surface area (TPSA) is 68.8 Å². The number of carbonyl (C=O) groups excluding carboxylic acids is 1. The van der Waals surface area contributed by atoms with Crippen LogP contribution in [0.15, 0.2) is 42.5 Å². The molecule has 0 aliphatic heterocycles. The Morgan fingerprint density at radius 1 is 1.04 bits per heavy atom. The van der Waals surface area contributed by atoms with Gasteiger partial charge in [0.1, 0.15) is 5.75 Å². The van der Waals surface area contributed by atoms with Gasteiger partial charge in [-0.1, -0.05) is 13.0 Å². The Bertz CT molecular complexity index is 778. The van der Waals surface area contributed by atoms with Gasteiger partial charge in [0, 0.05) is 12.1 Å². The maximum atomic E-state index is 12.2. The molecule has 0 aliphatic rings. The monoisotopic (exact) mass is 388 g/mol. The molecule has 0 aromatic heterocycles. The Labute approximate surface area is 164 Å². The molecule has 27 heavy (non-hydrogen) atoms. The molecule has 0 radical (unpaired) electrons. The number of benzene rings is 2. The molecule has 0 aliphatic carbocycles. The van der Waals surface area contributed by atoms with Crippen molar-refractivity contribution in [3.8, 4) is 17.2 Å². The summed E-state index contributed by atoms with van der Waals surface area (Å²) < 4.78 is 16.1. The van der Waals surface area contributed by atoms with Gasteiger partial charge in [-0.25, -0.2) is 0 Å². The molecule has 0 spiro atoms. The number of hydrogen-bond donors (Lipinski definition) is 2. The Hall–Kier alpha value is -2.80. The number of ether oxygens (including phenoxy) is 3. The molecule has 2 rings (SSSR count). The van der Waals surface area contributed by atoms with Crippen LogP contribution in [0.1, 0.15) is 29.3 Å². The number of rotatable bonds is 8. The van der Waals surface area contributed by atoms with Gasteiger partial charge in [0.25, 0.3) is 5.91 Å². The average Bonchev–Trinajstić information content (AvgIpc) is 2.70. The Morgan fingerprint density at radius 2 is 1.78 bits per heavy atom. The van der Waals surface area contributed by atoms with Gasteiger partial charge in [0.05, 0.1) is 20.8 Å². The zero-order chi connectivity index (χ0) is 19.6. The van der Waals surface area contributed by atoms with Crippen molar-refractivity contribution in [3.05, 3.63) is 53.6 Å². The maximum absolute atomic E-state index is 12.2. The third-order valence-electron chi connectivity index (χ3n) is 3.72. The van der Waals surface area contributed by atoms with Crippen molar-refractivity contribution in [3.63, 3.8) is 0 Å². The highest BCUT2D eigenvalue weighted by Gasteiger charge is 2.09. The van der Waals surface area contributed by atoms with E-state index in [1.165, 1.54) is 0 Å². The van der Waals surface area contributed by atoms with Crippen LogP contribution in [0, 0.1) is 0 Å². The first-order valence-electron chi connectivity index (χ1n) is 8.60. The Kier molecular flexibility index (Phi) is 7.88. The van der Waals surface area contributed by atoms with E-state index in [-0.39, 0.29) is 11.0 Å². The second-order valence-corrected chi connectivity index (χ2v) is 6.11. The molecule has 0 fully saturated rings. The fourth-order valence-electron chi connectivity index (χ4n) is 2.30. The zero-order valence-electron chi connectivity index (χ0n) is 15.7. The lowest BCUT2D eigenvalue weighted by atomic mass is 10.2. The minimum atomic E-state index is -0.281. The molecule has 144 valence electrons. The SMILES string of the molecule is CCCOc1ccc(CNC(=S)NC(=O)c2ccc(OC)cc2)cc1OC. The highest BCUT2D eigenvalue weighted by molar-refractivity contribution is 7.80. The van der Waals surface area contributed by atoms with Crippen molar-refractivity contribution in [2.45, 2.75) is 19.9 Å². The average molecular weight is 388 g/mol. The molecule has 0 atom stereocenters. The maximum Gasteiger partial charge on any atom is 0.257 e. The summed E-state index contributed by atoms with van der Waals surface area (Å²) >= 11 is 5.20. The lowest BCUT2D eigenvalue weighted by Gasteiger charge is -2.13. The molecule has 0 saturated heterocycles. The van der Waals surface area contributed by atoms with Gasteiger partial charge in [0.2, 0.25) is 0 Å². The Morgan fingerprint density at radius 3 is 2.41 bits per heavy atom. The summed E-state index contributed by atoms with van der Waals surface area (Å²) in [6, 6.07) is 12.5. The third kappa shape index (κ3) is 6.14. The highest BCUT2D eigenvalue weighted by atomic mass is 32.1. The number of methoxy groups -OCH3 is 2. The van der Waals surface area contributed by atoms with Crippen LogP contribution in [-0.2, 0) is 6.54 Å². The molecular weight excluding hydrogens is 364 g/mol. The van der Waals surface area contributed by atoms with Gasteiger partial charge in [0.15, 0.2) is 16.6 Å². The predicted molar refractivity (Wildman–Crippen MR) is 109 cm³/mol. The largest absolute Gasteiger partial charge is 0.497 e. The first-order valence-corrected chi connectivity index (χ1v) is 9.01. The fourth-order valence-corrected chi connectivity index (χ4v) is 2.46. The van der Waals surface area contributed by atoms with Crippen molar-refractivity contribution in [1.29, 1.82) is 0 Å². The molecule has 1 amide bonds. The van der Waals surface area contributed by atoms with Crippen LogP contribution in [0.5, 0.6) is 17.2 Å². The van der Waals surface area contributed by atoms with E-state index in [1.807, 2.05) is 25.1 Å². The van der Waals surface area contributed by atoms with Crippen LogP contribution < -0.4 is 24.8 Å². The van der Waals surface area contributed by atoms with Gasteiger partial charge in [-0.05, 0) is 60.6 Å². The first kappa shape index (κ1) is 20.5. The van der Waals surface area contributed by atoms with Crippen molar-refractivity contribution in [2.24, 2.45) is 0 Å². The molecule has 7 heteroatoms. The number of thiocarbonyl (C=S) groups is 1. The molecular formula is C20H24N2O4S. The Balaban J connectivity index is 1.89. The number of nitrogens with one attached hydrogen (secondary N) is 2. The van der Waals surface area contributed by atoms with Gasteiger partial charge in [-0.15, -0.1) is 0 Å². The van der Waals surface area contributed by atoms with E-state index in [2.05, 4.69) is 10.6 Å². The van der Waals surface area contributed by atoms with Crippen molar-refractivity contribution >= 4 is 23.2 Å². The smallest absolute Gasteiger partial charge is 0.257 e. The van der Waals surface area contributed by atoms with Crippen molar-refractivity contribution in [1.82, 2.24) is 10.6 Å². The molecule has 0 saturated carbocycles. The molecule has 2 N–H and O–H groups in total. The lowest BCUT2D eigenvalue weighted by Crippen LogP contribution is -2.38. The van der Waals surface area contributed by atoms with E-state index in [0.29, 0.717) is 36.0 Å². The normalized spacial score (nSPS) is 10.0. The minimum Gasteiger partial charge on any atom is -0.497 e. The predicted octanol–water partition coefficient (Wildman–Crippen LogP) is 3.30. The zero-order valence-corrected chi connectivity index (χ0v) is 16.5. The van der Waals surface area contributed by atoms with Crippen LogP contribution in [-0.4, -0.2) is 31.8 Å². The van der Waals surface area contributed by atoms with Crippen LogP contribution in [0.2, 0.25) is 0 Å². The number of carbonyl (C=O) groups is 1. The van der Waals surface area contributed by atoms with Crippen molar-refractivity contribution < 1.29 is 19.0 Å². The summed E-state index contributed by atoms with van der Waals surface area (Å²) in [6.45, 7) is 3.13. The van der Waals surface area contributed by atoms with Crippen LogP contribution >= 0.6 is 12.2 Å². The summed E-state index contributed by atoms with van der Waals surface area (Å²) in [6.07, 6.45) is 0.925. The quantitative estimate of drug-likeness (QED) is 0.677. The summed E-state index contributed by atoms with van der Waals surface area (Å²) in [5.41, 5.74) is 1.45. The highest BCUT2D eigenvalue weighted by Crippen LogP contribution is 2.28. The lowest BCUT2D eigenvalue weighted by molar-refractivity contribution is 0.0976. The standard InChI is InChI=1S/C20H24N2O4S/c1-4-11-26-17-10-5-14(12-18(17)25-3)13-21-20(27)22-19(23)15-6-8-16(24-2)9-7-15/h5-10,12H,4,11,13H2,1-3H3,(H2,21,22,23,27). The molecule has 0 heterocycles. The van der Waals surface area contributed by atoms with Crippen LogP contribution in [0.3, 0.4) is 0 Å². The van der Waals surface area contributed by atoms with E-state index in [1.54, 1.807) is 38.5 Å². The molecule has 6 nitrogen and oxygen atoms in total. The fraction of sp³-hybridized carbons (Fsp3) is 0.300. The van der Waals surface area contributed by atoms with E-state index in [9.17, 15) is 4.79 Å². The van der Waals surface area contributed by atoms with Crippen LogP contribution in [0.4, 0.5) is 0 Å². The summed E-state index contributed by atoms with van der Waals surface area (Å²) in [5.74, 6) is 1.78. The van der Waals surface area contributed by atoms with Gasteiger partial charge in [-0.2, -0.15) is 0 Å². The van der Waals surface area contributed by atoms with Crippen LogP contribution in [0.25, 0.3) is 0 Å². The van der Waals surface area contributed by atoms with E-state index < -0.39 is 0 Å². The first-order chi connectivity index (χ1) is 13.1. The number of hydrogen-bond acceptors (Lipinski definition) is 5. The van der Waals surface area contributed by atoms with Gasteiger partial charge in [-0.3, -0.25) is 10.1 Å². The van der Waals surface area contributed by atoms with E-state index in [4.69, 9.17) is 26.4 Å². The summed E-state index contributed by atoms with van der Waals surface area (Å²) in [7, 11) is 3.18. The minimum absolute atomic E-state index is 0.251. The van der Waals surface area contributed by atoms with E-state index in [0.717, 1.165) is 12.0 Å². The molecule has 0 unspecified atom stereocenters.